The van der Waals surface area contributed by atoms with E-state index in [1.807, 2.05) is 6.92 Å². The highest BCUT2D eigenvalue weighted by molar-refractivity contribution is 9.10. The standard InChI is InChI=1S/C13H16BrN3O3S/c1-3-17-9-11(8-15-17)16-21(18,19)13-7-10(14)5-6-12(13)20-4-2/h5-9,16H,3-4H2,1-2H3. The lowest BCUT2D eigenvalue weighted by molar-refractivity contribution is 0.331. The summed E-state index contributed by atoms with van der Waals surface area (Å²) in [5.74, 6) is 0.316. The van der Waals surface area contributed by atoms with Crippen molar-refractivity contribution in [1.29, 1.82) is 0 Å². The summed E-state index contributed by atoms with van der Waals surface area (Å²) in [4.78, 5) is 0.0861. The first-order valence-electron chi connectivity index (χ1n) is 6.44. The van der Waals surface area contributed by atoms with Crippen LogP contribution in [0.1, 0.15) is 13.8 Å². The van der Waals surface area contributed by atoms with Crippen LogP contribution in [0.4, 0.5) is 5.69 Å². The second-order valence-electron chi connectivity index (χ2n) is 4.21. The number of anilines is 1. The first kappa shape index (κ1) is 15.8. The minimum atomic E-state index is -3.74. The molecule has 0 unspecified atom stereocenters. The van der Waals surface area contributed by atoms with Crippen molar-refractivity contribution in [2.45, 2.75) is 25.3 Å². The number of benzene rings is 1. The molecule has 0 saturated carbocycles. The average molecular weight is 374 g/mol. The molecule has 0 aliphatic heterocycles. The van der Waals surface area contributed by atoms with Crippen molar-refractivity contribution in [1.82, 2.24) is 9.78 Å². The maximum absolute atomic E-state index is 12.5. The molecule has 21 heavy (non-hydrogen) atoms. The molecule has 1 N–H and O–H groups in total. The van der Waals surface area contributed by atoms with E-state index in [0.29, 0.717) is 29.1 Å². The lowest BCUT2D eigenvalue weighted by Crippen LogP contribution is -2.14. The number of halogens is 1. The van der Waals surface area contributed by atoms with Crippen molar-refractivity contribution >= 4 is 31.6 Å². The molecule has 2 rings (SSSR count). The molecule has 0 spiro atoms. The zero-order valence-electron chi connectivity index (χ0n) is 11.7. The Morgan fingerprint density at radius 3 is 2.76 bits per heavy atom. The van der Waals surface area contributed by atoms with Crippen molar-refractivity contribution in [3.63, 3.8) is 0 Å². The maximum Gasteiger partial charge on any atom is 0.265 e. The van der Waals surface area contributed by atoms with E-state index in [0.717, 1.165) is 0 Å². The molecule has 1 heterocycles. The fraction of sp³-hybridized carbons (Fsp3) is 0.308. The van der Waals surface area contributed by atoms with Crippen LogP contribution >= 0.6 is 15.9 Å². The number of sulfonamides is 1. The summed E-state index contributed by atoms with van der Waals surface area (Å²) < 4.78 is 35.2. The highest BCUT2D eigenvalue weighted by atomic mass is 79.9. The van der Waals surface area contributed by atoms with Crippen LogP contribution in [-0.4, -0.2) is 24.8 Å². The molecule has 0 fully saturated rings. The van der Waals surface area contributed by atoms with E-state index in [2.05, 4.69) is 25.8 Å². The number of hydrogen-bond donors (Lipinski definition) is 1. The predicted octanol–water partition coefficient (Wildman–Crippen LogP) is 2.87. The van der Waals surface area contributed by atoms with E-state index >= 15 is 0 Å². The molecule has 6 nitrogen and oxygen atoms in total. The Balaban J connectivity index is 2.36. The van der Waals surface area contributed by atoms with Gasteiger partial charge in [-0.2, -0.15) is 5.10 Å². The third-order valence-corrected chi connectivity index (χ3v) is 4.60. The number of nitrogens with one attached hydrogen (secondary N) is 1. The Labute approximate surface area is 132 Å². The Hall–Kier alpha value is -1.54. The second kappa shape index (κ2) is 6.48. The molecule has 1 aromatic carbocycles. The fourth-order valence-corrected chi connectivity index (χ4v) is 3.48. The van der Waals surface area contributed by atoms with Crippen molar-refractivity contribution in [3.8, 4) is 5.75 Å². The van der Waals surface area contributed by atoms with Crippen molar-refractivity contribution in [3.05, 3.63) is 35.1 Å². The summed E-state index contributed by atoms with van der Waals surface area (Å²) in [5, 5.41) is 4.04. The molecule has 0 aliphatic carbocycles. The molecular weight excluding hydrogens is 358 g/mol. The SMILES string of the molecule is CCOc1ccc(Br)cc1S(=O)(=O)Nc1cnn(CC)c1. The van der Waals surface area contributed by atoms with Crippen molar-refractivity contribution in [2.24, 2.45) is 0 Å². The Bertz CT molecular complexity index is 728. The van der Waals surface area contributed by atoms with Gasteiger partial charge in [0.25, 0.3) is 10.0 Å². The maximum atomic E-state index is 12.5. The van der Waals surface area contributed by atoms with Crippen LogP contribution in [0.25, 0.3) is 0 Å². The van der Waals surface area contributed by atoms with E-state index in [1.54, 1.807) is 29.9 Å². The third kappa shape index (κ3) is 3.76. The Kier molecular flexibility index (Phi) is 4.89. The molecule has 0 bridgehead atoms. The van der Waals surface area contributed by atoms with Crippen LogP contribution in [0.5, 0.6) is 5.75 Å². The summed E-state index contributed by atoms with van der Waals surface area (Å²) >= 11 is 3.28. The van der Waals surface area contributed by atoms with E-state index in [4.69, 9.17) is 4.74 Å². The molecule has 2 aromatic rings. The molecule has 8 heteroatoms. The van der Waals surface area contributed by atoms with Gasteiger partial charge < -0.3 is 4.74 Å². The fourth-order valence-electron chi connectivity index (χ4n) is 1.77. The third-order valence-electron chi connectivity index (χ3n) is 2.70. The van der Waals surface area contributed by atoms with Gasteiger partial charge in [0.15, 0.2) is 0 Å². The molecule has 114 valence electrons. The highest BCUT2D eigenvalue weighted by Gasteiger charge is 2.21. The molecule has 0 atom stereocenters. The van der Waals surface area contributed by atoms with Gasteiger partial charge in [-0.3, -0.25) is 9.40 Å². The van der Waals surface area contributed by atoms with Crippen LogP contribution in [-0.2, 0) is 16.6 Å². The van der Waals surface area contributed by atoms with E-state index in [1.165, 1.54) is 12.3 Å². The minimum absolute atomic E-state index is 0.0861. The topological polar surface area (TPSA) is 73.2 Å². The monoisotopic (exact) mass is 373 g/mol. The smallest absolute Gasteiger partial charge is 0.265 e. The lowest BCUT2D eigenvalue weighted by atomic mass is 10.3. The van der Waals surface area contributed by atoms with E-state index in [-0.39, 0.29) is 4.90 Å². The van der Waals surface area contributed by atoms with Gasteiger partial charge in [-0.1, -0.05) is 15.9 Å². The van der Waals surface area contributed by atoms with Gasteiger partial charge in [0.05, 0.1) is 18.5 Å². The Morgan fingerprint density at radius 1 is 1.38 bits per heavy atom. The largest absolute Gasteiger partial charge is 0.492 e. The molecule has 0 aliphatic rings. The van der Waals surface area contributed by atoms with Gasteiger partial charge in [0.1, 0.15) is 10.6 Å². The quantitative estimate of drug-likeness (QED) is 0.844. The van der Waals surface area contributed by atoms with Gasteiger partial charge in [-0.05, 0) is 32.0 Å². The van der Waals surface area contributed by atoms with Gasteiger partial charge in [0, 0.05) is 17.2 Å². The summed E-state index contributed by atoms with van der Waals surface area (Å²) in [6, 6.07) is 4.87. The normalized spacial score (nSPS) is 11.4. The number of aromatic nitrogens is 2. The van der Waals surface area contributed by atoms with Crippen LogP contribution < -0.4 is 9.46 Å². The summed E-state index contributed by atoms with van der Waals surface area (Å²) in [6.07, 6.45) is 3.11. The molecule has 1 aromatic heterocycles. The molecule has 0 saturated heterocycles. The number of hydrogen-bond acceptors (Lipinski definition) is 4. The number of ether oxygens (including phenoxy) is 1. The van der Waals surface area contributed by atoms with Crippen molar-refractivity contribution < 1.29 is 13.2 Å². The second-order valence-corrected chi connectivity index (χ2v) is 6.78. The molecular formula is C13H16BrN3O3S. The Morgan fingerprint density at radius 2 is 2.14 bits per heavy atom. The van der Waals surface area contributed by atoms with Crippen LogP contribution in [0.2, 0.25) is 0 Å². The first-order chi connectivity index (χ1) is 9.96. The summed E-state index contributed by atoms with van der Waals surface area (Å²) in [7, 11) is -3.74. The van der Waals surface area contributed by atoms with Crippen LogP contribution in [0.15, 0.2) is 40.0 Å². The predicted molar refractivity (Wildman–Crippen MR) is 84.0 cm³/mol. The van der Waals surface area contributed by atoms with Gasteiger partial charge in [0.2, 0.25) is 0 Å². The van der Waals surface area contributed by atoms with Gasteiger partial charge in [-0.25, -0.2) is 8.42 Å². The zero-order valence-corrected chi connectivity index (χ0v) is 14.1. The van der Waals surface area contributed by atoms with E-state index in [9.17, 15) is 8.42 Å². The van der Waals surface area contributed by atoms with Crippen molar-refractivity contribution in [2.75, 3.05) is 11.3 Å². The highest BCUT2D eigenvalue weighted by Crippen LogP contribution is 2.29. The lowest BCUT2D eigenvalue weighted by Gasteiger charge is -2.12. The van der Waals surface area contributed by atoms with Crippen LogP contribution in [0.3, 0.4) is 0 Å². The van der Waals surface area contributed by atoms with Gasteiger partial charge >= 0.3 is 0 Å². The first-order valence-corrected chi connectivity index (χ1v) is 8.71. The molecule has 0 radical (unpaired) electrons. The average Bonchev–Trinajstić information content (AvgIpc) is 2.88. The number of rotatable bonds is 6. The number of aryl methyl sites for hydroxylation is 1. The summed E-state index contributed by atoms with van der Waals surface area (Å²) in [5.41, 5.74) is 0.416. The van der Waals surface area contributed by atoms with Crippen LogP contribution in [0, 0.1) is 0 Å². The van der Waals surface area contributed by atoms with E-state index < -0.39 is 10.0 Å². The summed E-state index contributed by atoms with van der Waals surface area (Å²) in [6.45, 7) is 4.78. The molecule has 0 amide bonds. The number of nitrogens with zero attached hydrogens (tertiary/aromatic N) is 2. The minimum Gasteiger partial charge on any atom is -0.492 e. The zero-order chi connectivity index (χ0) is 15.5. The van der Waals surface area contributed by atoms with Gasteiger partial charge in [-0.15, -0.1) is 0 Å².